The van der Waals surface area contributed by atoms with Crippen molar-refractivity contribution in [1.82, 2.24) is 24.4 Å². The highest BCUT2D eigenvalue weighted by atomic mass is 16.5. The Balaban J connectivity index is 1.17. The molecule has 4 aromatic rings. The van der Waals surface area contributed by atoms with Gasteiger partial charge in [0.15, 0.2) is 0 Å². The molecular formula is C26H27N5O4. The summed E-state index contributed by atoms with van der Waals surface area (Å²) in [7, 11) is 1.71. The van der Waals surface area contributed by atoms with Gasteiger partial charge in [-0.15, -0.1) is 0 Å². The molecule has 0 amide bonds. The Morgan fingerprint density at radius 1 is 1.09 bits per heavy atom. The quantitative estimate of drug-likeness (QED) is 0.339. The number of likely N-dealkylation sites (tertiary alicyclic amines) is 1. The molecular weight excluding hydrogens is 446 g/mol. The van der Waals surface area contributed by atoms with Crippen molar-refractivity contribution in [3.8, 4) is 11.5 Å². The summed E-state index contributed by atoms with van der Waals surface area (Å²) in [6, 6.07) is 9.48. The molecule has 9 heteroatoms. The number of aromatic nitrogens is 4. The molecule has 180 valence electrons. The SMILES string of the molecule is COc1cccc2c1[C@@H]1CN(CCCCn3c(=O)[nH]c(=O)c4ccc5nccnc5c43)C[C@H]1CO2. The van der Waals surface area contributed by atoms with Crippen LogP contribution in [-0.2, 0) is 6.54 Å². The van der Waals surface area contributed by atoms with E-state index in [-0.39, 0.29) is 0 Å². The van der Waals surface area contributed by atoms with Crippen LogP contribution in [0, 0.1) is 5.92 Å². The first kappa shape index (κ1) is 21.8. The monoisotopic (exact) mass is 473 g/mol. The molecule has 1 saturated heterocycles. The van der Waals surface area contributed by atoms with Crippen LogP contribution in [-0.4, -0.2) is 57.8 Å². The first-order valence-corrected chi connectivity index (χ1v) is 12.0. The van der Waals surface area contributed by atoms with Gasteiger partial charge in [-0.2, -0.15) is 0 Å². The van der Waals surface area contributed by atoms with Crippen molar-refractivity contribution in [3.05, 3.63) is 69.1 Å². The van der Waals surface area contributed by atoms with Gasteiger partial charge in [0, 0.05) is 49.4 Å². The number of rotatable bonds is 6. The van der Waals surface area contributed by atoms with Crippen LogP contribution in [0.1, 0.15) is 24.3 Å². The number of methoxy groups -OCH3 is 1. The van der Waals surface area contributed by atoms with E-state index in [2.05, 4.69) is 19.9 Å². The van der Waals surface area contributed by atoms with Crippen LogP contribution in [0.15, 0.2) is 52.3 Å². The van der Waals surface area contributed by atoms with Crippen molar-refractivity contribution < 1.29 is 9.47 Å². The number of hydrogen-bond acceptors (Lipinski definition) is 7. The van der Waals surface area contributed by atoms with Gasteiger partial charge < -0.3 is 14.4 Å². The predicted molar refractivity (Wildman–Crippen MR) is 132 cm³/mol. The zero-order valence-corrected chi connectivity index (χ0v) is 19.6. The fourth-order valence-corrected chi connectivity index (χ4v) is 5.66. The molecule has 0 spiro atoms. The Morgan fingerprint density at radius 2 is 1.94 bits per heavy atom. The Labute approximate surface area is 201 Å². The maximum Gasteiger partial charge on any atom is 0.328 e. The molecule has 9 nitrogen and oxygen atoms in total. The summed E-state index contributed by atoms with van der Waals surface area (Å²) in [4.78, 5) is 38.8. The molecule has 6 rings (SSSR count). The van der Waals surface area contributed by atoms with Crippen molar-refractivity contribution in [1.29, 1.82) is 0 Å². The smallest absolute Gasteiger partial charge is 0.328 e. The topological polar surface area (TPSA) is 102 Å². The van der Waals surface area contributed by atoms with Crippen LogP contribution in [0.5, 0.6) is 11.5 Å². The van der Waals surface area contributed by atoms with Crippen molar-refractivity contribution >= 4 is 21.9 Å². The molecule has 0 radical (unpaired) electrons. The van der Waals surface area contributed by atoms with E-state index in [1.807, 2.05) is 18.2 Å². The number of H-pyrrole nitrogens is 1. The molecule has 2 aliphatic rings. The van der Waals surface area contributed by atoms with Crippen LogP contribution >= 0.6 is 0 Å². The van der Waals surface area contributed by atoms with Crippen LogP contribution in [0.4, 0.5) is 0 Å². The first-order valence-electron chi connectivity index (χ1n) is 12.0. The number of nitrogens with zero attached hydrogens (tertiary/aromatic N) is 4. The van der Waals surface area contributed by atoms with Crippen LogP contribution in [0.25, 0.3) is 21.9 Å². The molecule has 1 N–H and O–H groups in total. The molecule has 0 saturated carbocycles. The van der Waals surface area contributed by atoms with Crippen LogP contribution in [0.3, 0.4) is 0 Å². The minimum absolute atomic E-state index is 0.397. The normalized spacial score (nSPS) is 19.5. The average molecular weight is 474 g/mol. The van der Waals surface area contributed by atoms with Crippen molar-refractivity contribution in [2.24, 2.45) is 5.92 Å². The third-order valence-corrected chi connectivity index (χ3v) is 7.29. The molecule has 4 heterocycles. The Hall–Kier alpha value is -3.72. The molecule has 0 bridgehead atoms. The first-order chi connectivity index (χ1) is 17.1. The second-order valence-electron chi connectivity index (χ2n) is 9.31. The Morgan fingerprint density at radius 3 is 2.83 bits per heavy atom. The second-order valence-corrected chi connectivity index (χ2v) is 9.31. The third-order valence-electron chi connectivity index (χ3n) is 7.29. The number of hydrogen-bond donors (Lipinski definition) is 1. The maximum absolute atomic E-state index is 12.7. The lowest BCUT2D eigenvalue weighted by Gasteiger charge is -2.29. The largest absolute Gasteiger partial charge is 0.496 e. The van der Waals surface area contributed by atoms with E-state index < -0.39 is 11.2 Å². The Bertz CT molecular complexity index is 1510. The number of aryl methyl sites for hydroxylation is 1. The van der Waals surface area contributed by atoms with Crippen molar-refractivity contribution in [2.75, 3.05) is 33.4 Å². The minimum atomic E-state index is -0.409. The highest BCUT2D eigenvalue weighted by molar-refractivity contribution is 6.00. The zero-order valence-electron chi connectivity index (χ0n) is 19.6. The van der Waals surface area contributed by atoms with Gasteiger partial charge in [-0.1, -0.05) is 6.07 Å². The van der Waals surface area contributed by atoms with E-state index in [4.69, 9.17) is 9.47 Å². The molecule has 2 aromatic heterocycles. The summed E-state index contributed by atoms with van der Waals surface area (Å²) in [5.74, 6) is 2.70. The Kier molecular flexibility index (Phi) is 5.49. The van der Waals surface area contributed by atoms with Gasteiger partial charge in [-0.05, 0) is 43.7 Å². The summed E-state index contributed by atoms with van der Waals surface area (Å²) in [6.45, 7) is 4.14. The number of nitrogens with one attached hydrogen (secondary N) is 1. The van der Waals surface area contributed by atoms with Gasteiger partial charge in [0.2, 0.25) is 0 Å². The van der Waals surface area contributed by atoms with E-state index in [1.165, 1.54) is 5.56 Å². The van der Waals surface area contributed by atoms with Gasteiger partial charge in [-0.25, -0.2) is 4.79 Å². The third kappa shape index (κ3) is 3.76. The molecule has 0 unspecified atom stereocenters. The van der Waals surface area contributed by atoms with E-state index >= 15 is 0 Å². The standard InChI is InChI=1S/C26H27N5O4/c1-34-20-5-4-6-21-22(20)18-14-30(13-16(18)15-35-21)11-2-3-12-31-24-17(25(32)29-26(31)33)7-8-19-23(24)28-10-9-27-19/h4-10,16,18H,2-3,11-15H2,1H3,(H,29,32,33)/t16-,18+/m0/s1. The second kappa shape index (κ2) is 8.81. The fraction of sp³-hybridized carbons (Fsp3) is 0.385. The lowest BCUT2D eigenvalue weighted by Crippen LogP contribution is -2.31. The van der Waals surface area contributed by atoms with Gasteiger partial charge in [0.25, 0.3) is 5.56 Å². The molecule has 1 fully saturated rings. The molecule has 35 heavy (non-hydrogen) atoms. The lowest BCUT2D eigenvalue weighted by molar-refractivity contribution is 0.209. The molecule has 2 aliphatic heterocycles. The number of ether oxygens (including phenoxy) is 2. The van der Waals surface area contributed by atoms with Crippen LogP contribution < -0.4 is 20.7 Å². The van der Waals surface area contributed by atoms with Gasteiger partial charge >= 0.3 is 5.69 Å². The molecule has 2 atom stereocenters. The molecule has 2 aromatic carbocycles. The number of unbranched alkanes of at least 4 members (excludes halogenated alkanes) is 1. The highest BCUT2D eigenvalue weighted by Gasteiger charge is 2.40. The zero-order chi connectivity index (χ0) is 23.9. The maximum atomic E-state index is 12.7. The summed E-state index contributed by atoms with van der Waals surface area (Å²) >= 11 is 0. The summed E-state index contributed by atoms with van der Waals surface area (Å²) < 4.78 is 13.3. The van der Waals surface area contributed by atoms with Crippen molar-refractivity contribution in [2.45, 2.75) is 25.3 Å². The van der Waals surface area contributed by atoms with Crippen molar-refractivity contribution in [3.63, 3.8) is 0 Å². The van der Waals surface area contributed by atoms with E-state index in [1.54, 1.807) is 36.2 Å². The van der Waals surface area contributed by atoms with E-state index in [0.717, 1.165) is 50.6 Å². The van der Waals surface area contributed by atoms with Gasteiger partial charge in [-0.3, -0.25) is 24.3 Å². The summed E-state index contributed by atoms with van der Waals surface area (Å²) in [5.41, 5.74) is 2.17. The van der Waals surface area contributed by atoms with E-state index in [9.17, 15) is 9.59 Å². The summed E-state index contributed by atoms with van der Waals surface area (Å²) in [6.07, 6.45) is 4.93. The summed E-state index contributed by atoms with van der Waals surface area (Å²) in [5, 5.41) is 0.453. The number of benzene rings is 2. The van der Waals surface area contributed by atoms with Gasteiger partial charge in [0.1, 0.15) is 17.0 Å². The number of aromatic amines is 1. The average Bonchev–Trinajstić information content (AvgIpc) is 3.30. The lowest BCUT2D eigenvalue weighted by atomic mass is 9.86. The van der Waals surface area contributed by atoms with Crippen LogP contribution in [0.2, 0.25) is 0 Å². The highest BCUT2D eigenvalue weighted by Crippen LogP contribution is 2.46. The fourth-order valence-electron chi connectivity index (χ4n) is 5.66. The number of fused-ring (bicyclic) bond motifs is 6. The predicted octanol–water partition coefficient (Wildman–Crippen LogP) is 2.53. The minimum Gasteiger partial charge on any atom is -0.496 e. The van der Waals surface area contributed by atoms with Gasteiger partial charge in [0.05, 0.1) is 30.1 Å². The van der Waals surface area contributed by atoms with E-state index in [0.29, 0.717) is 40.3 Å². The molecule has 0 aliphatic carbocycles.